The lowest BCUT2D eigenvalue weighted by atomic mass is 9.93. The largest absolute Gasteiger partial charge is 0.394 e. The first-order valence-corrected chi connectivity index (χ1v) is 31.0. The third-order valence-corrected chi connectivity index (χ3v) is 17.8. The first-order valence-electron chi connectivity index (χ1n) is 31.0. The maximum absolute atomic E-state index is 13.0. The van der Waals surface area contributed by atoms with Gasteiger partial charge in [-0.15, -0.1) is 0 Å². The average Bonchev–Trinajstić information content (AvgIpc) is 0.770. The van der Waals surface area contributed by atoms with E-state index >= 15 is 0 Å². The Balaban J connectivity index is 1.04. The van der Waals surface area contributed by atoms with Gasteiger partial charge in [-0.25, -0.2) is 0 Å². The summed E-state index contributed by atoms with van der Waals surface area (Å²) in [6, 6.07) is -5.54. The van der Waals surface area contributed by atoms with Crippen molar-refractivity contribution in [3.63, 3.8) is 0 Å². The zero-order valence-corrected chi connectivity index (χ0v) is 52.2. The van der Waals surface area contributed by atoms with Gasteiger partial charge in [-0.3, -0.25) is 14.4 Å². The third-order valence-electron chi connectivity index (χ3n) is 17.8. The normalized spacial score (nSPS) is 49.9. The Kier molecular flexibility index (Phi) is 28.3. The highest BCUT2D eigenvalue weighted by Crippen LogP contribution is 2.40. The molecule has 40 atom stereocenters. The van der Waals surface area contributed by atoms with Crippen molar-refractivity contribution < 1.29 is 198 Å². The lowest BCUT2D eigenvalue weighted by Crippen LogP contribution is -2.71. The summed E-state index contributed by atoms with van der Waals surface area (Å²) >= 11 is 0. The number of nitrogens with one attached hydrogen (secondary N) is 3. The monoisotopic (exact) mass is 1420 g/mol. The fraction of sp³-hybridized carbons (Fsp3) is 0.944. The van der Waals surface area contributed by atoms with E-state index < -0.39 is 309 Å². The number of hydrogen-bond acceptors (Lipinski definition) is 40. The van der Waals surface area contributed by atoms with Gasteiger partial charge in [0.15, 0.2) is 50.3 Å². The Bertz CT molecular complexity index is 2490. The minimum atomic E-state index is -2.34. The lowest BCUT2D eigenvalue weighted by molar-refractivity contribution is -0.402. The summed E-state index contributed by atoms with van der Waals surface area (Å²) in [6.07, 6.45) is -73.2. The van der Waals surface area contributed by atoms with Gasteiger partial charge in [0, 0.05) is 20.8 Å². The summed E-state index contributed by atoms with van der Waals surface area (Å²) in [5.74, 6) is -2.67. The van der Waals surface area contributed by atoms with Gasteiger partial charge in [-0.2, -0.15) is 0 Å². The first-order chi connectivity index (χ1) is 45.9. The van der Waals surface area contributed by atoms with E-state index in [2.05, 4.69) is 16.0 Å². The summed E-state index contributed by atoms with van der Waals surface area (Å²) in [5.41, 5.74) is 0. The molecule has 8 aliphatic rings. The Morgan fingerprint density at radius 2 is 0.567 bits per heavy atom. The van der Waals surface area contributed by atoms with Crippen LogP contribution in [-0.4, -0.2) is 422 Å². The summed E-state index contributed by atoms with van der Waals surface area (Å²) in [7, 11) is 0. The van der Waals surface area contributed by atoms with Crippen molar-refractivity contribution in [1.82, 2.24) is 16.0 Å². The second kappa shape index (κ2) is 34.5. The smallest absolute Gasteiger partial charge is 0.217 e. The van der Waals surface area contributed by atoms with Crippen LogP contribution >= 0.6 is 0 Å². The van der Waals surface area contributed by atoms with E-state index in [1.165, 1.54) is 6.92 Å². The molecule has 0 bridgehead atoms. The summed E-state index contributed by atoms with van der Waals surface area (Å²) in [6.45, 7) is -3.23. The fourth-order valence-corrected chi connectivity index (χ4v) is 12.6. The molecule has 0 radical (unpaired) electrons. The van der Waals surface area contributed by atoms with E-state index in [0.717, 1.165) is 20.8 Å². The van der Waals surface area contributed by atoms with E-state index in [-0.39, 0.29) is 0 Å². The molecule has 8 fully saturated rings. The van der Waals surface area contributed by atoms with Gasteiger partial charge in [0.05, 0.1) is 52.4 Å². The maximum atomic E-state index is 13.0. The van der Waals surface area contributed by atoms with Gasteiger partial charge in [0.2, 0.25) is 17.7 Å². The molecule has 8 saturated heterocycles. The van der Waals surface area contributed by atoms with Crippen molar-refractivity contribution in [3.8, 4) is 0 Å². The number of carbonyl (C=O) groups excluding carboxylic acids is 3. The van der Waals surface area contributed by atoms with E-state index in [0.29, 0.717) is 0 Å². The molecule has 1 unspecified atom stereocenters. The van der Waals surface area contributed by atoms with Crippen molar-refractivity contribution in [2.24, 2.45) is 0 Å². The summed E-state index contributed by atoms with van der Waals surface area (Å²) in [5, 5.41) is 248. The molecule has 43 heteroatoms. The molecule has 25 N–H and O–H groups in total. The summed E-state index contributed by atoms with van der Waals surface area (Å²) < 4.78 is 88.0. The Morgan fingerprint density at radius 3 is 0.979 bits per heavy atom. The van der Waals surface area contributed by atoms with Crippen molar-refractivity contribution in [2.75, 3.05) is 46.2 Å². The molecule has 8 rings (SSSR count). The average molecular weight is 1420 g/mol. The Labute approximate surface area is 549 Å². The minimum absolute atomic E-state index is 0.820. The second-order valence-corrected chi connectivity index (χ2v) is 24.6. The highest BCUT2D eigenvalue weighted by Gasteiger charge is 2.61. The zero-order chi connectivity index (χ0) is 71.5. The van der Waals surface area contributed by atoms with Gasteiger partial charge in [-0.05, 0) is 6.92 Å². The fourth-order valence-electron chi connectivity index (χ4n) is 12.6. The van der Waals surface area contributed by atoms with Crippen LogP contribution in [0.25, 0.3) is 0 Å². The van der Waals surface area contributed by atoms with Crippen LogP contribution in [0, 0.1) is 0 Å². The molecular weight excluding hydrogens is 1330 g/mol. The number of amides is 3. The SMILES string of the molecule is CC(=O)N[C@H]1[C@H](O[C@H]2[C@@H](O)[C@@H](CO)O[C@@H](O[C@H]3[C@H](O)[C@@H](O)C(O)O[C@@H]3CO)[C@@H]2O)O[C@H](CO)[C@@H](O[C@@H]2O[C@H](CO)[C@H](O)[C@H](O[C@@H]3O[C@H](CO)[C@@H](O[C@@H]4O[C@H](CO)[C@H](O)[C@H](O[C@H]5O[C@H](CO)[C@H](O)[C@H](O)[C@H]5NC(C)=O)[C@H]4O[C@@H]4O[C@@H](C)[C@@H](O)[C@@H](O)[C@@H]4O)[C@H](O)[C@H]3NC(C)=O)[C@H]2O)[C@@H]1O. The van der Waals surface area contributed by atoms with E-state index in [1.807, 2.05) is 0 Å². The minimum Gasteiger partial charge on any atom is -0.394 e. The topological polar surface area (TPSA) is 671 Å². The summed E-state index contributed by atoms with van der Waals surface area (Å²) in [4.78, 5) is 38.2. The van der Waals surface area contributed by atoms with Crippen LogP contribution in [0.2, 0.25) is 0 Å². The predicted octanol–water partition coefficient (Wildman–Crippen LogP) is -17.0. The number of ether oxygens (including phenoxy) is 15. The molecule has 562 valence electrons. The van der Waals surface area contributed by atoms with Crippen LogP contribution < -0.4 is 16.0 Å². The maximum Gasteiger partial charge on any atom is 0.217 e. The molecule has 3 amide bonds. The highest BCUT2D eigenvalue weighted by atomic mass is 16.8. The Hall–Kier alpha value is -3.07. The molecule has 8 aliphatic heterocycles. The number of carbonyl (C=O) groups is 3. The predicted molar refractivity (Wildman–Crippen MR) is 298 cm³/mol. The number of aliphatic hydroxyl groups is 22. The van der Waals surface area contributed by atoms with Crippen LogP contribution in [0.4, 0.5) is 0 Å². The van der Waals surface area contributed by atoms with Gasteiger partial charge in [-0.1, -0.05) is 0 Å². The lowest BCUT2D eigenvalue weighted by Gasteiger charge is -2.52. The third kappa shape index (κ3) is 17.3. The molecule has 43 nitrogen and oxygen atoms in total. The molecule has 0 aromatic heterocycles. The van der Waals surface area contributed by atoms with Gasteiger partial charge in [0.25, 0.3) is 0 Å². The molecule has 0 spiro atoms. The zero-order valence-electron chi connectivity index (χ0n) is 52.2. The number of hydrogen-bond donors (Lipinski definition) is 25. The van der Waals surface area contributed by atoms with Crippen LogP contribution in [-0.2, 0) is 85.4 Å². The van der Waals surface area contributed by atoms with E-state index in [1.54, 1.807) is 0 Å². The van der Waals surface area contributed by atoms with Crippen molar-refractivity contribution >= 4 is 17.7 Å². The van der Waals surface area contributed by atoms with Crippen molar-refractivity contribution in [2.45, 2.75) is 273 Å². The molecular formula is C54H91N3O40. The van der Waals surface area contributed by atoms with Gasteiger partial charge in [0.1, 0.15) is 189 Å². The van der Waals surface area contributed by atoms with Crippen molar-refractivity contribution in [1.29, 1.82) is 0 Å². The van der Waals surface area contributed by atoms with Crippen molar-refractivity contribution in [3.05, 3.63) is 0 Å². The van der Waals surface area contributed by atoms with Crippen LogP contribution in [0.3, 0.4) is 0 Å². The second-order valence-electron chi connectivity index (χ2n) is 24.6. The quantitative estimate of drug-likeness (QED) is 0.0427. The molecule has 97 heavy (non-hydrogen) atoms. The standard InChI is InChI=1S/C54H91N3O40/c1-12-26(68)34(76)37(79)51(83-12)97-46-45(96-48-23(55-13(2)65)31(73)27(69)16(5-58)85-48)30(72)19(8-61)88-54(46)93-41-22(11-64)90-50(25(33(41)75)57-15(4)67)94-43-28(70)17(6-59)86-52(38(43)80)91-40-21(10-63)89-49(24(32(40)74)56-14(3)66)95-44-29(71)18(7-60)87-53(39(44)81)92-42-20(9-62)84-47(82)36(78)35(42)77/h12,16-54,58-64,68-82H,5-11H2,1-4H3,(H,55,65)(H,56,66)(H,57,67)/t12-,16+,17+,18+,19+,20+,21+,22+,23+,24+,25+,26+,27-,28-,29-,30-,31+,32+,33+,34+,35+,36+,37-,38+,39+,40+,41+,42+,43-,44-,45-,46+,47?,48+,49-,50-,51-,52-,53-,54-/m0/s1. The van der Waals surface area contributed by atoms with Crippen LogP contribution in [0.5, 0.6) is 0 Å². The number of rotatable bonds is 24. The first kappa shape index (κ1) is 79.6. The Morgan fingerprint density at radius 1 is 0.268 bits per heavy atom. The van der Waals surface area contributed by atoms with E-state index in [4.69, 9.17) is 71.1 Å². The molecule has 0 aromatic rings. The molecule has 8 heterocycles. The highest BCUT2D eigenvalue weighted by molar-refractivity contribution is 5.74. The van der Waals surface area contributed by atoms with Gasteiger partial charge >= 0.3 is 0 Å². The van der Waals surface area contributed by atoms with Crippen LogP contribution in [0.15, 0.2) is 0 Å². The van der Waals surface area contributed by atoms with E-state index in [9.17, 15) is 127 Å². The molecule has 0 aromatic carbocycles. The number of aliphatic hydroxyl groups excluding tert-OH is 22. The van der Waals surface area contributed by atoms with Gasteiger partial charge < -0.3 is 199 Å². The van der Waals surface area contributed by atoms with Crippen LogP contribution in [0.1, 0.15) is 27.7 Å². The molecule has 0 saturated carbocycles. The molecule has 0 aliphatic carbocycles.